The Morgan fingerprint density at radius 1 is 1.07 bits per heavy atom. The SMILES string of the molecule is O=C(NC1CC1)c1ccccc1NC(=O)[C@H]1CCCN(c2ccc(Cl)nn2)C1. The van der Waals surface area contributed by atoms with Gasteiger partial charge in [0.2, 0.25) is 5.91 Å². The fourth-order valence-corrected chi connectivity index (χ4v) is 3.49. The maximum Gasteiger partial charge on any atom is 0.253 e. The number of hydrogen-bond donors (Lipinski definition) is 2. The van der Waals surface area contributed by atoms with Gasteiger partial charge < -0.3 is 15.5 Å². The van der Waals surface area contributed by atoms with E-state index in [-0.39, 0.29) is 23.8 Å². The molecule has 7 nitrogen and oxygen atoms in total. The monoisotopic (exact) mass is 399 g/mol. The fraction of sp³-hybridized carbons (Fsp3) is 0.400. The van der Waals surface area contributed by atoms with Gasteiger partial charge in [-0.15, -0.1) is 10.2 Å². The summed E-state index contributed by atoms with van der Waals surface area (Å²) in [6.07, 6.45) is 3.71. The van der Waals surface area contributed by atoms with Crippen LogP contribution < -0.4 is 15.5 Å². The first-order valence-electron chi connectivity index (χ1n) is 9.55. The molecule has 2 aliphatic rings. The highest BCUT2D eigenvalue weighted by Crippen LogP contribution is 2.25. The van der Waals surface area contributed by atoms with Crippen molar-refractivity contribution in [2.75, 3.05) is 23.3 Å². The smallest absolute Gasteiger partial charge is 0.253 e. The number of benzene rings is 1. The molecule has 8 heteroatoms. The number of nitrogens with zero attached hydrogens (tertiary/aromatic N) is 3. The number of carbonyl (C=O) groups is 2. The van der Waals surface area contributed by atoms with Crippen molar-refractivity contribution in [3.05, 3.63) is 47.1 Å². The summed E-state index contributed by atoms with van der Waals surface area (Å²) in [5.41, 5.74) is 1.05. The third kappa shape index (κ3) is 4.42. The Hall–Kier alpha value is -2.67. The summed E-state index contributed by atoms with van der Waals surface area (Å²) in [5.74, 6) is 0.301. The van der Waals surface area contributed by atoms with Crippen molar-refractivity contribution in [1.29, 1.82) is 0 Å². The molecule has 1 aliphatic heterocycles. The lowest BCUT2D eigenvalue weighted by Gasteiger charge is -2.32. The maximum absolute atomic E-state index is 12.9. The van der Waals surface area contributed by atoms with E-state index in [2.05, 4.69) is 20.8 Å². The molecule has 0 spiro atoms. The normalized spacial score (nSPS) is 19.2. The van der Waals surface area contributed by atoms with Crippen LogP contribution in [0.5, 0.6) is 0 Å². The number of piperidine rings is 1. The minimum atomic E-state index is -0.189. The Morgan fingerprint density at radius 3 is 2.64 bits per heavy atom. The van der Waals surface area contributed by atoms with Crippen LogP contribution in [0.15, 0.2) is 36.4 Å². The molecule has 146 valence electrons. The number of carbonyl (C=O) groups excluding carboxylic acids is 2. The van der Waals surface area contributed by atoms with Crippen LogP contribution >= 0.6 is 11.6 Å². The van der Waals surface area contributed by atoms with Crippen LogP contribution in [0.1, 0.15) is 36.0 Å². The van der Waals surface area contributed by atoms with Gasteiger partial charge in [0.25, 0.3) is 5.91 Å². The molecule has 0 radical (unpaired) electrons. The van der Waals surface area contributed by atoms with E-state index in [1.807, 2.05) is 17.0 Å². The van der Waals surface area contributed by atoms with E-state index in [0.29, 0.717) is 28.8 Å². The quantitative estimate of drug-likeness (QED) is 0.807. The summed E-state index contributed by atoms with van der Waals surface area (Å²) in [6.45, 7) is 1.37. The first-order chi connectivity index (χ1) is 13.6. The van der Waals surface area contributed by atoms with Crippen LogP contribution in [-0.4, -0.2) is 41.1 Å². The van der Waals surface area contributed by atoms with Crippen LogP contribution in [0, 0.1) is 5.92 Å². The summed E-state index contributed by atoms with van der Waals surface area (Å²) in [4.78, 5) is 27.4. The fourth-order valence-electron chi connectivity index (χ4n) is 3.39. The van der Waals surface area contributed by atoms with E-state index in [0.717, 1.165) is 32.2 Å². The molecule has 0 bridgehead atoms. The van der Waals surface area contributed by atoms with Crippen molar-refractivity contribution in [1.82, 2.24) is 15.5 Å². The minimum Gasteiger partial charge on any atom is -0.354 e. The van der Waals surface area contributed by atoms with Crippen LogP contribution in [0.3, 0.4) is 0 Å². The molecule has 1 aromatic carbocycles. The lowest BCUT2D eigenvalue weighted by Crippen LogP contribution is -2.41. The van der Waals surface area contributed by atoms with Crippen LogP contribution in [-0.2, 0) is 4.79 Å². The average Bonchev–Trinajstić information content (AvgIpc) is 3.53. The number of amides is 2. The maximum atomic E-state index is 12.9. The van der Waals surface area contributed by atoms with Gasteiger partial charge in [-0.25, -0.2) is 0 Å². The molecule has 2 amide bonds. The van der Waals surface area contributed by atoms with E-state index in [9.17, 15) is 9.59 Å². The number of rotatable bonds is 5. The van der Waals surface area contributed by atoms with Gasteiger partial charge in [-0.05, 0) is 49.9 Å². The predicted octanol–water partition coefficient (Wildman–Crippen LogP) is 2.88. The second kappa shape index (κ2) is 8.14. The first-order valence-corrected chi connectivity index (χ1v) is 9.93. The molecule has 1 aliphatic carbocycles. The molecular formula is C20H22ClN5O2. The van der Waals surface area contributed by atoms with Gasteiger partial charge in [-0.3, -0.25) is 9.59 Å². The van der Waals surface area contributed by atoms with Crippen LogP contribution in [0.25, 0.3) is 0 Å². The molecular weight excluding hydrogens is 378 g/mol. The topological polar surface area (TPSA) is 87.2 Å². The minimum absolute atomic E-state index is 0.0849. The molecule has 1 atom stereocenters. The third-order valence-corrected chi connectivity index (χ3v) is 5.28. The predicted molar refractivity (Wildman–Crippen MR) is 108 cm³/mol. The van der Waals surface area contributed by atoms with Crippen molar-refractivity contribution < 1.29 is 9.59 Å². The molecule has 2 aromatic rings. The number of para-hydroxylation sites is 1. The van der Waals surface area contributed by atoms with Crippen molar-refractivity contribution in [2.45, 2.75) is 31.7 Å². The highest BCUT2D eigenvalue weighted by atomic mass is 35.5. The molecule has 1 aromatic heterocycles. The van der Waals surface area contributed by atoms with Crippen LogP contribution in [0.2, 0.25) is 5.15 Å². The van der Waals surface area contributed by atoms with Crippen molar-refractivity contribution in [2.24, 2.45) is 5.92 Å². The molecule has 2 N–H and O–H groups in total. The number of hydrogen-bond acceptors (Lipinski definition) is 5. The van der Waals surface area contributed by atoms with Gasteiger partial charge in [-0.2, -0.15) is 0 Å². The Balaban J connectivity index is 1.43. The van der Waals surface area contributed by atoms with Gasteiger partial charge in [0.15, 0.2) is 11.0 Å². The van der Waals surface area contributed by atoms with E-state index in [4.69, 9.17) is 11.6 Å². The molecule has 2 fully saturated rings. The highest BCUT2D eigenvalue weighted by Gasteiger charge is 2.28. The summed E-state index contributed by atoms with van der Waals surface area (Å²) >= 11 is 5.81. The summed E-state index contributed by atoms with van der Waals surface area (Å²) in [7, 11) is 0. The Bertz CT molecular complexity index is 869. The number of anilines is 2. The summed E-state index contributed by atoms with van der Waals surface area (Å²) < 4.78 is 0. The average molecular weight is 400 g/mol. The molecule has 1 saturated heterocycles. The first kappa shape index (κ1) is 18.7. The Labute approximate surface area is 168 Å². The summed E-state index contributed by atoms with van der Waals surface area (Å²) in [5, 5.41) is 14.3. The third-order valence-electron chi connectivity index (χ3n) is 5.08. The van der Waals surface area contributed by atoms with Crippen molar-refractivity contribution in [3.63, 3.8) is 0 Å². The van der Waals surface area contributed by atoms with Crippen molar-refractivity contribution in [3.8, 4) is 0 Å². The van der Waals surface area contributed by atoms with Gasteiger partial charge in [-0.1, -0.05) is 23.7 Å². The summed E-state index contributed by atoms with van der Waals surface area (Å²) in [6, 6.07) is 10.9. The molecule has 1 saturated carbocycles. The lowest BCUT2D eigenvalue weighted by molar-refractivity contribution is -0.120. The van der Waals surface area contributed by atoms with E-state index in [1.165, 1.54) is 0 Å². The number of nitrogens with one attached hydrogen (secondary N) is 2. The Morgan fingerprint density at radius 2 is 1.89 bits per heavy atom. The largest absolute Gasteiger partial charge is 0.354 e. The van der Waals surface area contributed by atoms with Gasteiger partial charge in [0.1, 0.15) is 0 Å². The highest BCUT2D eigenvalue weighted by molar-refractivity contribution is 6.29. The molecule has 2 heterocycles. The van der Waals surface area contributed by atoms with Gasteiger partial charge in [0, 0.05) is 19.1 Å². The van der Waals surface area contributed by atoms with Crippen molar-refractivity contribution >= 4 is 34.9 Å². The van der Waals surface area contributed by atoms with E-state index >= 15 is 0 Å². The van der Waals surface area contributed by atoms with E-state index < -0.39 is 0 Å². The lowest BCUT2D eigenvalue weighted by atomic mass is 9.96. The zero-order chi connectivity index (χ0) is 19.5. The molecule has 28 heavy (non-hydrogen) atoms. The van der Waals surface area contributed by atoms with Crippen LogP contribution in [0.4, 0.5) is 11.5 Å². The second-order valence-electron chi connectivity index (χ2n) is 7.28. The molecule has 0 unspecified atom stereocenters. The Kier molecular flexibility index (Phi) is 5.43. The second-order valence-corrected chi connectivity index (χ2v) is 7.67. The molecule has 4 rings (SSSR count). The van der Waals surface area contributed by atoms with E-state index in [1.54, 1.807) is 24.3 Å². The zero-order valence-corrected chi connectivity index (χ0v) is 16.2. The van der Waals surface area contributed by atoms with Gasteiger partial charge >= 0.3 is 0 Å². The number of aromatic nitrogens is 2. The standard InChI is InChI=1S/C20H22ClN5O2/c21-17-9-10-18(25-24-17)26-11-3-4-13(12-26)19(27)23-16-6-2-1-5-15(16)20(28)22-14-7-8-14/h1-2,5-6,9-10,13-14H,3-4,7-8,11-12H2,(H,22,28)(H,23,27)/t13-/m0/s1. The number of halogens is 1. The zero-order valence-electron chi connectivity index (χ0n) is 15.4. The van der Waals surface area contributed by atoms with Gasteiger partial charge in [0.05, 0.1) is 17.2 Å².